The van der Waals surface area contributed by atoms with Crippen LogP contribution in [0.25, 0.3) is 11.6 Å². The van der Waals surface area contributed by atoms with Gasteiger partial charge in [-0.15, -0.1) is 12.4 Å². The second kappa shape index (κ2) is 9.87. The van der Waals surface area contributed by atoms with Gasteiger partial charge in [-0.2, -0.15) is 0 Å². The second-order valence-electron chi connectivity index (χ2n) is 7.14. The summed E-state index contributed by atoms with van der Waals surface area (Å²) in [5.41, 5.74) is 9.24. The van der Waals surface area contributed by atoms with Gasteiger partial charge in [0.2, 0.25) is 0 Å². The van der Waals surface area contributed by atoms with Crippen LogP contribution < -0.4 is 15.8 Å². The van der Waals surface area contributed by atoms with Crippen molar-refractivity contribution >= 4 is 53.2 Å². The number of fused-ring (bicyclic) bond motifs is 1. The first-order valence-electron chi connectivity index (χ1n) is 9.58. The van der Waals surface area contributed by atoms with Crippen molar-refractivity contribution in [2.45, 2.75) is 12.5 Å². The maximum atomic E-state index is 12.3. The summed E-state index contributed by atoms with van der Waals surface area (Å²) in [5, 5.41) is 12.2. The first kappa shape index (κ1) is 23.3. The van der Waals surface area contributed by atoms with Crippen LogP contribution in [0.3, 0.4) is 0 Å². The Balaban J connectivity index is 0.00000289. The van der Waals surface area contributed by atoms with Gasteiger partial charge >= 0.3 is 5.97 Å². The number of hydrogen-bond acceptors (Lipinski definition) is 4. The fourth-order valence-electron chi connectivity index (χ4n) is 3.30. The van der Waals surface area contributed by atoms with Gasteiger partial charge in [-0.1, -0.05) is 41.9 Å². The number of aliphatic carboxylic acids is 1. The molecule has 0 aliphatic carbocycles. The van der Waals surface area contributed by atoms with E-state index in [0.29, 0.717) is 27.7 Å². The highest BCUT2D eigenvalue weighted by atomic mass is 35.5. The van der Waals surface area contributed by atoms with E-state index in [0.717, 1.165) is 16.8 Å². The molecule has 1 aliphatic heterocycles. The number of nitrogens with one attached hydrogen (secondary N) is 1. The summed E-state index contributed by atoms with van der Waals surface area (Å²) in [6, 6.07) is 18.8. The molecule has 0 radical (unpaired) electrons. The van der Waals surface area contributed by atoms with Crippen molar-refractivity contribution in [3.8, 4) is 11.5 Å². The molecule has 3 aromatic rings. The molecule has 0 spiro atoms. The average molecular weight is 471 g/mol. The highest BCUT2D eigenvalue weighted by molar-refractivity contribution is 6.37. The van der Waals surface area contributed by atoms with Crippen LogP contribution in [0.1, 0.15) is 16.7 Å². The predicted molar refractivity (Wildman–Crippen MR) is 127 cm³/mol. The van der Waals surface area contributed by atoms with E-state index in [2.05, 4.69) is 5.32 Å². The number of carboxylic acids is 1. The normalized spacial score (nSPS) is 14.3. The van der Waals surface area contributed by atoms with Gasteiger partial charge in [0.05, 0.1) is 5.02 Å². The van der Waals surface area contributed by atoms with Gasteiger partial charge in [0.15, 0.2) is 0 Å². The first-order valence-corrected chi connectivity index (χ1v) is 9.95. The summed E-state index contributed by atoms with van der Waals surface area (Å²) in [7, 11) is 0. The zero-order valence-electron chi connectivity index (χ0n) is 16.7. The van der Waals surface area contributed by atoms with Crippen LogP contribution in [-0.2, 0) is 16.0 Å². The number of ether oxygens (including phenoxy) is 1. The first-order chi connectivity index (χ1) is 14.9. The topological polar surface area (TPSA) is 102 Å². The SMILES string of the molecule is Cl.N[C@@H](Cc1ccc(Oc2ccc(C=C3C(=O)Nc4ccccc43)c(Cl)c2)cc1)C(=O)O. The van der Waals surface area contributed by atoms with Gasteiger partial charge in [-0.3, -0.25) is 9.59 Å². The summed E-state index contributed by atoms with van der Waals surface area (Å²) in [4.78, 5) is 23.2. The minimum absolute atomic E-state index is 0. The minimum Gasteiger partial charge on any atom is -0.480 e. The number of hydrogen-bond donors (Lipinski definition) is 3. The second-order valence-corrected chi connectivity index (χ2v) is 7.54. The Morgan fingerprint density at radius 3 is 2.47 bits per heavy atom. The number of carbonyl (C=O) groups is 2. The van der Waals surface area contributed by atoms with Crippen LogP contribution in [0.4, 0.5) is 5.69 Å². The summed E-state index contributed by atoms with van der Waals surface area (Å²) in [6.45, 7) is 0. The Morgan fingerprint density at radius 1 is 1.09 bits per heavy atom. The Morgan fingerprint density at radius 2 is 1.78 bits per heavy atom. The summed E-state index contributed by atoms with van der Waals surface area (Å²) in [5.74, 6) is -0.0822. The van der Waals surface area contributed by atoms with Gasteiger partial charge in [-0.25, -0.2) is 0 Å². The molecule has 1 amide bonds. The molecule has 3 aromatic carbocycles. The molecular formula is C24H20Cl2N2O4. The smallest absolute Gasteiger partial charge is 0.320 e. The number of amides is 1. The summed E-state index contributed by atoms with van der Waals surface area (Å²) >= 11 is 6.44. The molecular weight excluding hydrogens is 451 g/mol. The predicted octanol–water partition coefficient (Wildman–Crippen LogP) is 5.00. The van der Waals surface area contributed by atoms with Gasteiger partial charge < -0.3 is 20.9 Å². The molecule has 1 atom stereocenters. The zero-order chi connectivity index (χ0) is 22.0. The van der Waals surface area contributed by atoms with Crippen molar-refractivity contribution in [3.63, 3.8) is 0 Å². The third-order valence-corrected chi connectivity index (χ3v) is 5.24. The van der Waals surface area contributed by atoms with E-state index in [9.17, 15) is 9.59 Å². The fourth-order valence-corrected chi connectivity index (χ4v) is 3.52. The van der Waals surface area contributed by atoms with Crippen molar-refractivity contribution in [1.82, 2.24) is 0 Å². The number of nitrogens with two attached hydrogens (primary N) is 1. The van der Waals surface area contributed by atoms with E-state index < -0.39 is 12.0 Å². The van der Waals surface area contributed by atoms with Crippen LogP contribution in [-0.4, -0.2) is 23.0 Å². The molecule has 32 heavy (non-hydrogen) atoms. The number of rotatable bonds is 6. The number of halogens is 2. The monoisotopic (exact) mass is 470 g/mol. The molecule has 0 saturated carbocycles. The Bertz CT molecular complexity index is 1190. The maximum Gasteiger partial charge on any atom is 0.320 e. The van der Waals surface area contributed by atoms with Gasteiger partial charge in [0.1, 0.15) is 17.5 Å². The van der Waals surface area contributed by atoms with Crippen LogP contribution >= 0.6 is 24.0 Å². The standard InChI is InChI=1S/C24H19ClN2O4.ClH/c25-20-13-17(31-16-8-5-14(6-9-16)11-21(26)24(29)30)10-7-15(20)12-19-18-3-1-2-4-22(18)27-23(19)28;/h1-10,12-13,21H,11,26H2,(H,27,28)(H,29,30);1H/t21-;/m0./s1. The molecule has 0 saturated heterocycles. The highest BCUT2D eigenvalue weighted by Crippen LogP contribution is 2.35. The minimum atomic E-state index is -1.04. The third kappa shape index (κ3) is 5.11. The van der Waals surface area contributed by atoms with Crippen LogP contribution in [0, 0.1) is 0 Å². The Kier molecular flexibility index (Phi) is 7.20. The lowest BCUT2D eigenvalue weighted by Gasteiger charge is -2.10. The summed E-state index contributed by atoms with van der Waals surface area (Å²) < 4.78 is 5.84. The van der Waals surface area contributed by atoms with Crippen molar-refractivity contribution in [2.75, 3.05) is 5.32 Å². The van der Waals surface area contributed by atoms with Crippen LogP contribution in [0.15, 0.2) is 66.7 Å². The van der Waals surface area contributed by atoms with E-state index >= 15 is 0 Å². The highest BCUT2D eigenvalue weighted by Gasteiger charge is 2.23. The molecule has 0 aromatic heterocycles. The molecule has 1 aliphatic rings. The molecule has 164 valence electrons. The van der Waals surface area contributed by atoms with E-state index in [1.165, 1.54) is 0 Å². The lowest BCUT2D eigenvalue weighted by molar-refractivity contribution is -0.138. The number of carboxylic acid groups (broad SMARTS) is 1. The van der Waals surface area contributed by atoms with Gasteiger partial charge in [0.25, 0.3) is 5.91 Å². The van der Waals surface area contributed by atoms with E-state index in [-0.39, 0.29) is 24.7 Å². The van der Waals surface area contributed by atoms with Crippen LogP contribution in [0.2, 0.25) is 5.02 Å². The molecule has 1 heterocycles. The van der Waals surface area contributed by atoms with Crippen molar-refractivity contribution < 1.29 is 19.4 Å². The lowest BCUT2D eigenvalue weighted by Crippen LogP contribution is -2.32. The Labute approximate surface area is 196 Å². The number of carbonyl (C=O) groups excluding carboxylic acids is 1. The number of para-hydroxylation sites is 1. The zero-order valence-corrected chi connectivity index (χ0v) is 18.3. The molecule has 0 bridgehead atoms. The molecule has 0 fully saturated rings. The molecule has 0 unspecified atom stereocenters. The lowest BCUT2D eigenvalue weighted by atomic mass is 10.0. The van der Waals surface area contributed by atoms with Crippen molar-refractivity contribution in [1.29, 1.82) is 0 Å². The molecule has 8 heteroatoms. The quantitative estimate of drug-likeness (QED) is 0.439. The van der Waals surface area contributed by atoms with E-state index in [4.69, 9.17) is 27.2 Å². The third-order valence-electron chi connectivity index (χ3n) is 4.91. The van der Waals surface area contributed by atoms with Crippen molar-refractivity contribution in [2.24, 2.45) is 5.73 Å². The van der Waals surface area contributed by atoms with E-state index in [1.54, 1.807) is 48.5 Å². The van der Waals surface area contributed by atoms with Crippen LogP contribution in [0.5, 0.6) is 11.5 Å². The largest absolute Gasteiger partial charge is 0.480 e. The fraction of sp³-hybridized carbons (Fsp3) is 0.0833. The molecule has 4 N–H and O–H groups in total. The van der Waals surface area contributed by atoms with Crippen molar-refractivity contribution in [3.05, 3.63) is 88.4 Å². The average Bonchev–Trinajstić information content (AvgIpc) is 3.06. The van der Waals surface area contributed by atoms with Gasteiger partial charge in [-0.05, 0) is 60.0 Å². The molecule has 6 nitrogen and oxygen atoms in total. The number of benzene rings is 3. The number of anilines is 1. The molecule has 4 rings (SSSR count). The summed E-state index contributed by atoms with van der Waals surface area (Å²) in [6.07, 6.45) is 2.00. The van der Waals surface area contributed by atoms with Gasteiger partial charge in [0, 0.05) is 16.8 Å². The van der Waals surface area contributed by atoms with E-state index in [1.807, 2.05) is 24.3 Å². The maximum absolute atomic E-state index is 12.3. The Hall–Kier alpha value is -3.32.